The van der Waals surface area contributed by atoms with Gasteiger partial charge in [-0.1, -0.05) is 6.07 Å². The van der Waals surface area contributed by atoms with Crippen molar-refractivity contribution in [2.45, 2.75) is 25.8 Å². The molecule has 1 aromatic carbocycles. The molecule has 1 saturated heterocycles. The van der Waals surface area contributed by atoms with Crippen LogP contribution >= 0.6 is 0 Å². The summed E-state index contributed by atoms with van der Waals surface area (Å²) in [7, 11) is 1.77. The number of benzene rings is 1. The van der Waals surface area contributed by atoms with Crippen molar-refractivity contribution >= 4 is 5.91 Å². The van der Waals surface area contributed by atoms with Crippen molar-refractivity contribution in [3.8, 4) is 0 Å². The fourth-order valence-corrected chi connectivity index (χ4v) is 2.36. The van der Waals surface area contributed by atoms with Gasteiger partial charge in [-0.05, 0) is 44.0 Å². The number of rotatable bonds is 3. The van der Waals surface area contributed by atoms with Gasteiger partial charge >= 0.3 is 0 Å². The highest BCUT2D eigenvalue weighted by molar-refractivity contribution is 5.95. The first kappa shape index (κ1) is 13.0. The maximum atomic E-state index is 13.2. The average molecular weight is 250 g/mol. The van der Waals surface area contributed by atoms with Gasteiger partial charge in [0, 0.05) is 25.2 Å². The van der Waals surface area contributed by atoms with Gasteiger partial charge in [-0.2, -0.15) is 0 Å². The maximum Gasteiger partial charge on any atom is 0.254 e. The van der Waals surface area contributed by atoms with Crippen molar-refractivity contribution in [1.29, 1.82) is 0 Å². The Morgan fingerprint density at radius 1 is 1.56 bits per heavy atom. The number of likely N-dealkylation sites (N-methyl/N-ethyl adjacent to an activating group) is 1. The molecule has 18 heavy (non-hydrogen) atoms. The van der Waals surface area contributed by atoms with Crippen molar-refractivity contribution in [3.63, 3.8) is 0 Å². The molecule has 1 aromatic rings. The van der Waals surface area contributed by atoms with Crippen LogP contribution in [0.2, 0.25) is 0 Å². The lowest BCUT2D eigenvalue weighted by Gasteiger charge is -2.22. The third kappa shape index (κ3) is 2.88. The van der Waals surface area contributed by atoms with Crippen LogP contribution in [0.1, 0.15) is 28.8 Å². The van der Waals surface area contributed by atoms with Gasteiger partial charge in [-0.3, -0.25) is 4.79 Å². The summed E-state index contributed by atoms with van der Waals surface area (Å²) in [5, 5.41) is 3.35. The highest BCUT2D eigenvalue weighted by Gasteiger charge is 2.20. The lowest BCUT2D eigenvalue weighted by Crippen LogP contribution is -2.38. The third-order valence-corrected chi connectivity index (χ3v) is 3.43. The first-order chi connectivity index (χ1) is 8.58. The highest BCUT2D eigenvalue weighted by atomic mass is 19.1. The summed E-state index contributed by atoms with van der Waals surface area (Å²) in [5.41, 5.74) is 1.27. The van der Waals surface area contributed by atoms with Crippen LogP contribution < -0.4 is 5.32 Å². The highest BCUT2D eigenvalue weighted by Crippen LogP contribution is 2.14. The van der Waals surface area contributed by atoms with E-state index in [9.17, 15) is 9.18 Å². The van der Waals surface area contributed by atoms with Crippen molar-refractivity contribution in [3.05, 3.63) is 35.1 Å². The summed E-state index contributed by atoms with van der Waals surface area (Å²) in [6, 6.07) is 4.71. The van der Waals surface area contributed by atoms with Gasteiger partial charge in [0.05, 0.1) is 0 Å². The molecule has 1 unspecified atom stereocenters. The summed E-state index contributed by atoms with van der Waals surface area (Å²) in [5.74, 6) is -0.475. The second-order valence-corrected chi connectivity index (χ2v) is 4.94. The summed E-state index contributed by atoms with van der Waals surface area (Å²) >= 11 is 0. The van der Waals surface area contributed by atoms with Crippen LogP contribution in [0.4, 0.5) is 4.39 Å². The van der Waals surface area contributed by atoms with Crippen LogP contribution in [0, 0.1) is 12.7 Å². The van der Waals surface area contributed by atoms with Crippen LogP contribution in [0.25, 0.3) is 0 Å². The average Bonchev–Trinajstić information content (AvgIpc) is 2.84. The zero-order valence-electron chi connectivity index (χ0n) is 10.9. The fourth-order valence-electron chi connectivity index (χ4n) is 2.36. The van der Waals surface area contributed by atoms with Gasteiger partial charge < -0.3 is 10.2 Å². The lowest BCUT2D eigenvalue weighted by atomic mass is 10.1. The van der Waals surface area contributed by atoms with Gasteiger partial charge in [-0.25, -0.2) is 4.39 Å². The van der Waals surface area contributed by atoms with E-state index in [1.165, 1.54) is 12.1 Å². The molecule has 0 bridgehead atoms. The molecule has 3 nitrogen and oxygen atoms in total. The van der Waals surface area contributed by atoms with Gasteiger partial charge in [0.25, 0.3) is 5.91 Å². The predicted octanol–water partition coefficient (Wildman–Crippen LogP) is 1.96. The molecule has 0 aliphatic carbocycles. The molecule has 1 aliphatic heterocycles. The Morgan fingerprint density at radius 3 is 3.00 bits per heavy atom. The Hall–Kier alpha value is -1.42. The van der Waals surface area contributed by atoms with E-state index in [4.69, 9.17) is 0 Å². The van der Waals surface area contributed by atoms with Crippen LogP contribution in [0.3, 0.4) is 0 Å². The van der Waals surface area contributed by atoms with Gasteiger partial charge in [0.2, 0.25) is 0 Å². The number of hydrogen-bond acceptors (Lipinski definition) is 2. The molecule has 0 spiro atoms. The molecule has 0 aromatic heterocycles. The molecule has 1 fully saturated rings. The van der Waals surface area contributed by atoms with Crippen LogP contribution in [0.15, 0.2) is 18.2 Å². The first-order valence-electron chi connectivity index (χ1n) is 6.33. The second-order valence-electron chi connectivity index (χ2n) is 4.94. The van der Waals surface area contributed by atoms with E-state index in [1.54, 1.807) is 18.0 Å². The molecule has 0 radical (unpaired) electrons. The molecular weight excluding hydrogens is 231 g/mol. The Bertz CT molecular complexity index is 441. The van der Waals surface area contributed by atoms with Crippen molar-refractivity contribution in [1.82, 2.24) is 10.2 Å². The monoisotopic (exact) mass is 250 g/mol. The standard InChI is InChI=1S/C14H19FN2O/c1-10-5-6-11(15)8-13(10)14(18)17(2)9-12-4-3-7-16-12/h5-6,8,12,16H,3-4,7,9H2,1-2H3. The summed E-state index contributed by atoms with van der Waals surface area (Å²) in [4.78, 5) is 13.9. The lowest BCUT2D eigenvalue weighted by molar-refractivity contribution is 0.0782. The molecular formula is C14H19FN2O. The minimum Gasteiger partial charge on any atom is -0.340 e. The zero-order chi connectivity index (χ0) is 13.1. The summed E-state index contributed by atoms with van der Waals surface area (Å²) in [6.07, 6.45) is 2.26. The molecule has 2 rings (SSSR count). The SMILES string of the molecule is Cc1ccc(F)cc1C(=O)N(C)CC1CCCN1. The van der Waals surface area contributed by atoms with E-state index in [0.717, 1.165) is 24.9 Å². The minimum absolute atomic E-state index is 0.110. The number of aryl methyl sites for hydroxylation is 1. The van der Waals surface area contributed by atoms with Crippen molar-refractivity contribution in [2.24, 2.45) is 0 Å². The number of hydrogen-bond donors (Lipinski definition) is 1. The molecule has 1 heterocycles. The number of carbonyl (C=O) groups is 1. The van der Waals surface area contributed by atoms with Crippen LogP contribution in [-0.2, 0) is 0 Å². The Kier molecular flexibility index (Phi) is 3.97. The normalized spacial score (nSPS) is 18.9. The molecule has 1 amide bonds. The van der Waals surface area contributed by atoms with Gasteiger partial charge in [-0.15, -0.1) is 0 Å². The molecule has 1 atom stereocenters. The number of halogens is 1. The summed E-state index contributed by atoms with van der Waals surface area (Å²) < 4.78 is 13.2. The van der Waals surface area contributed by atoms with Gasteiger partial charge in [0.15, 0.2) is 0 Å². The van der Waals surface area contributed by atoms with Crippen molar-refractivity contribution in [2.75, 3.05) is 20.1 Å². The number of nitrogens with zero attached hydrogens (tertiary/aromatic N) is 1. The van der Waals surface area contributed by atoms with E-state index < -0.39 is 0 Å². The maximum absolute atomic E-state index is 13.2. The van der Waals surface area contributed by atoms with E-state index in [1.807, 2.05) is 6.92 Å². The molecule has 98 valence electrons. The predicted molar refractivity (Wildman–Crippen MR) is 69.1 cm³/mol. The number of carbonyl (C=O) groups excluding carboxylic acids is 1. The van der Waals surface area contributed by atoms with Crippen LogP contribution in [-0.4, -0.2) is 37.0 Å². The third-order valence-electron chi connectivity index (χ3n) is 3.43. The van der Waals surface area contributed by atoms with E-state index >= 15 is 0 Å². The molecule has 4 heteroatoms. The summed E-state index contributed by atoms with van der Waals surface area (Å²) in [6.45, 7) is 3.52. The largest absolute Gasteiger partial charge is 0.340 e. The Morgan fingerprint density at radius 2 is 2.33 bits per heavy atom. The second kappa shape index (κ2) is 5.48. The smallest absolute Gasteiger partial charge is 0.254 e. The van der Waals surface area contributed by atoms with E-state index in [2.05, 4.69) is 5.32 Å². The van der Waals surface area contributed by atoms with E-state index in [-0.39, 0.29) is 11.7 Å². The van der Waals surface area contributed by atoms with Crippen molar-refractivity contribution < 1.29 is 9.18 Å². The zero-order valence-corrected chi connectivity index (χ0v) is 10.9. The quantitative estimate of drug-likeness (QED) is 0.889. The number of amides is 1. The topological polar surface area (TPSA) is 32.3 Å². The first-order valence-corrected chi connectivity index (χ1v) is 6.33. The van der Waals surface area contributed by atoms with E-state index in [0.29, 0.717) is 18.2 Å². The molecule has 0 saturated carbocycles. The Balaban J connectivity index is 2.07. The number of nitrogens with one attached hydrogen (secondary N) is 1. The van der Waals surface area contributed by atoms with Crippen LogP contribution in [0.5, 0.6) is 0 Å². The Labute approximate surface area is 107 Å². The fraction of sp³-hybridized carbons (Fsp3) is 0.500. The molecule has 1 aliphatic rings. The molecule has 1 N–H and O–H groups in total. The van der Waals surface area contributed by atoms with Gasteiger partial charge in [0.1, 0.15) is 5.82 Å². The minimum atomic E-state index is -0.364.